The third-order valence-corrected chi connectivity index (χ3v) is 5.48. The van der Waals surface area contributed by atoms with E-state index in [0.717, 1.165) is 0 Å². The predicted molar refractivity (Wildman–Crippen MR) is 163 cm³/mol. The molecule has 0 unspecified atom stereocenters. The lowest BCUT2D eigenvalue weighted by molar-refractivity contribution is -0.0277. The molecule has 0 aromatic carbocycles. The Hall–Kier alpha value is -1.21. The summed E-state index contributed by atoms with van der Waals surface area (Å²) in [5.74, 6) is 0. The van der Waals surface area contributed by atoms with Crippen molar-refractivity contribution in [1.29, 1.82) is 0 Å². The molecule has 15 nitrogen and oxygen atoms in total. The zero-order valence-electron chi connectivity index (χ0n) is 27.3. The number of carbonyl (C=O) groups is 1. The smallest absolute Gasteiger partial charge is 0.407 e. The van der Waals surface area contributed by atoms with Gasteiger partial charge >= 0.3 is 6.09 Å². The number of rotatable bonds is 35. The molecule has 0 heterocycles. The Kier molecular flexibility index (Phi) is 32.2. The van der Waals surface area contributed by atoms with Gasteiger partial charge in [0.05, 0.1) is 145 Å². The van der Waals surface area contributed by atoms with Crippen LogP contribution in [0.3, 0.4) is 0 Å². The Morgan fingerprint density at radius 3 is 0.841 bits per heavy atom. The highest BCUT2D eigenvalue weighted by Crippen LogP contribution is 2.12. The van der Waals surface area contributed by atoms with Crippen molar-refractivity contribution in [3.63, 3.8) is 0 Å². The highest BCUT2D eigenvalue weighted by atomic mass is 16.6. The third kappa shape index (κ3) is 32.2. The van der Waals surface area contributed by atoms with Gasteiger partial charge in [-0.15, -0.1) is 0 Å². The summed E-state index contributed by atoms with van der Waals surface area (Å²) >= 11 is 0. The van der Waals surface area contributed by atoms with E-state index in [9.17, 15) is 9.90 Å². The van der Waals surface area contributed by atoms with Crippen LogP contribution in [-0.4, -0.2) is 180 Å². The maximum absolute atomic E-state index is 11.3. The number of amides is 1. The number of nitrogens with two attached hydrogens (primary N) is 1. The van der Waals surface area contributed by atoms with Crippen LogP contribution < -0.4 is 5.73 Å². The molecule has 0 aliphatic rings. The Balaban J connectivity index is 3.15. The molecule has 1 amide bonds. The lowest BCUT2D eigenvalue weighted by Gasteiger charge is -2.32. The van der Waals surface area contributed by atoms with E-state index in [1.54, 1.807) is 0 Å². The van der Waals surface area contributed by atoms with Gasteiger partial charge in [-0.05, 0) is 20.8 Å². The second-order valence-electron chi connectivity index (χ2n) is 10.1. The molecule has 0 fully saturated rings. The van der Waals surface area contributed by atoms with Crippen LogP contribution >= 0.6 is 0 Å². The summed E-state index contributed by atoms with van der Waals surface area (Å²) in [6.07, 6.45) is -0.952. The average molecular weight is 645 g/mol. The Bertz CT molecular complexity index is 600. The van der Waals surface area contributed by atoms with E-state index >= 15 is 0 Å². The summed E-state index contributed by atoms with van der Waals surface area (Å²) in [4.78, 5) is 12.6. The molecule has 0 aliphatic heterocycles. The van der Waals surface area contributed by atoms with E-state index < -0.39 is 11.6 Å². The molecular formula is C29H60N2O13. The molecule has 3 N–H and O–H groups in total. The molecule has 0 atom stereocenters. The summed E-state index contributed by atoms with van der Waals surface area (Å²) in [6.45, 7) is 17.1. The van der Waals surface area contributed by atoms with Crippen LogP contribution in [0.4, 0.5) is 4.79 Å². The van der Waals surface area contributed by atoms with E-state index in [1.165, 1.54) is 4.90 Å². The highest BCUT2D eigenvalue weighted by molar-refractivity contribution is 5.65. The van der Waals surface area contributed by atoms with Crippen LogP contribution in [-0.2, 0) is 52.1 Å². The molecule has 0 spiro atoms. The van der Waals surface area contributed by atoms with Gasteiger partial charge in [0.2, 0.25) is 0 Å². The summed E-state index contributed by atoms with van der Waals surface area (Å²) in [6, 6.07) is 0. The first-order chi connectivity index (χ1) is 21.4. The maximum atomic E-state index is 11.3. The summed E-state index contributed by atoms with van der Waals surface area (Å²) in [5.41, 5.74) is 4.87. The third-order valence-electron chi connectivity index (χ3n) is 5.48. The summed E-state index contributed by atoms with van der Waals surface area (Å²) in [5, 5.41) is 9.23. The van der Waals surface area contributed by atoms with Crippen molar-refractivity contribution >= 4 is 6.09 Å². The molecule has 0 rings (SSSR count). The van der Waals surface area contributed by atoms with Crippen LogP contribution in [0.15, 0.2) is 0 Å². The van der Waals surface area contributed by atoms with Gasteiger partial charge in [-0.3, -0.25) is 0 Å². The van der Waals surface area contributed by atoms with Gasteiger partial charge in [0.25, 0.3) is 0 Å². The van der Waals surface area contributed by atoms with Crippen molar-refractivity contribution in [2.45, 2.75) is 26.3 Å². The van der Waals surface area contributed by atoms with Gasteiger partial charge in [0.1, 0.15) is 0 Å². The normalized spacial score (nSPS) is 11.8. The monoisotopic (exact) mass is 644 g/mol. The van der Waals surface area contributed by atoms with E-state index in [-0.39, 0.29) is 0 Å². The van der Waals surface area contributed by atoms with Gasteiger partial charge in [0.15, 0.2) is 0 Å². The largest absolute Gasteiger partial charge is 0.465 e. The SMILES string of the molecule is CC(C)(C)N(CCOCCOCCOCCOCCOCCOCCOCCOCCOCCOCCOCCN)C(=O)O. The topological polar surface area (TPSA) is 168 Å². The molecule has 264 valence electrons. The quantitative estimate of drug-likeness (QED) is 0.0934. The standard InChI is InChI=1S/C29H60N2O13/c1-29(2,3)31(28(32)33)5-7-35-9-11-37-13-15-39-17-19-41-21-23-43-25-27-44-26-24-42-22-20-40-18-16-38-14-12-36-10-8-34-6-4-30/h4-27,30H2,1-3H3,(H,32,33). The highest BCUT2D eigenvalue weighted by Gasteiger charge is 2.25. The molecular weight excluding hydrogens is 584 g/mol. The lowest BCUT2D eigenvalue weighted by atomic mass is 10.1. The molecule has 0 saturated carbocycles. The number of hydrogen-bond donors (Lipinski definition) is 2. The van der Waals surface area contributed by atoms with Crippen LogP contribution in [0, 0.1) is 0 Å². The average Bonchev–Trinajstić information content (AvgIpc) is 2.98. The summed E-state index contributed by atoms with van der Waals surface area (Å²) in [7, 11) is 0. The van der Waals surface area contributed by atoms with E-state index in [1.807, 2.05) is 20.8 Å². The molecule has 0 bridgehead atoms. The zero-order valence-corrected chi connectivity index (χ0v) is 27.3. The minimum atomic E-state index is -0.952. The van der Waals surface area contributed by atoms with Crippen molar-refractivity contribution in [2.24, 2.45) is 5.73 Å². The number of ether oxygens (including phenoxy) is 11. The molecule has 0 radical (unpaired) electrons. The zero-order chi connectivity index (χ0) is 32.4. The van der Waals surface area contributed by atoms with E-state index in [4.69, 9.17) is 57.8 Å². The Morgan fingerprint density at radius 2 is 0.659 bits per heavy atom. The molecule has 0 aliphatic carbocycles. The van der Waals surface area contributed by atoms with Gasteiger partial charge in [-0.25, -0.2) is 4.79 Å². The Labute approximate surface area is 263 Å². The fourth-order valence-corrected chi connectivity index (χ4v) is 3.26. The van der Waals surface area contributed by atoms with Gasteiger partial charge in [-0.1, -0.05) is 0 Å². The Morgan fingerprint density at radius 1 is 0.455 bits per heavy atom. The molecule has 0 aromatic rings. The molecule has 0 aromatic heterocycles. The van der Waals surface area contributed by atoms with E-state index in [0.29, 0.717) is 158 Å². The second kappa shape index (κ2) is 33.2. The first-order valence-corrected chi connectivity index (χ1v) is 15.5. The number of nitrogens with zero attached hydrogens (tertiary/aromatic N) is 1. The van der Waals surface area contributed by atoms with Crippen molar-refractivity contribution in [2.75, 3.05) is 158 Å². The van der Waals surface area contributed by atoms with Crippen molar-refractivity contribution in [3.05, 3.63) is 0 Å². The number of carboxylic acid groups (broad SMARTS) is 1. The van der Waals surface area contributed by atoms with Crippen molar-refractivity contribution in [3.8, 4) is 0 Å². The van der Waals surface area contributed by atoms with Gasteiger partial charge in [0, 0.05) is 18.6 Å². The van der Waals surface area contributed by atoms with Crippen LogP contribution in [0.1, 0.15) is 20.8 Å². The summed E-state index contributed by atoms with van der Waals surface area (Å²) < 4.78 is 59.6. The molecule has 0 saturated heterocycles. The fraction of sp³-hybridized carbons (Fsp3) is 0.966. The van der Waals surface area contributed by atoms with Gasteiger partial charge < -0.3 is 67.8 Å². The fourth-order valence-electron chi connectivity index (χ4n) is 3.26. The number of hydrogen-bond acceptors (Lipinski definition) is 13. The first kappa shape index (κ1) is 42.8. The first-order valence-electron chi connectivity index (χ1n) is 15.5. The molecule has 15 heteroatoms. The van der Waals surface area contributed by atoms with E-state index in [2.05, 4.69) is 0 Å². The predicted octanol–water partition coefficient (Wildman–Crippen LogP) is 0.906. The van der Waals surface area contributed by atoms with Crippen molar-refractivity contribution in [1.82, 2.24) is 4.90 Å². The second-order valence-corrected chi connectivity index (χ2v) is 10.1. The van der Waals surface area contributed by atoms with Crippen LogP contribution in [0.5, 0.6) is 0 Å². The lowest BCUT2D eigenvalue weighted by Crippen LogP contribution is -2.46. The molecule has 44 heavy (non-hydrogen) atoms. The van der Waals surface area contributed by atoms with Gasteiger partial charge in [-0.2, -0.15) is 0 Å². The minimum Gasteiger partial charge on any atom is -0.465 e. The van der Waals surface area contributed by atoms with Crippen LogP contribution in [0.2, 0.25) is 0 Å². The minimum absolute atomic E-state index is 0.317. The van der Waals surface area contributed by atoms with Crippen LogP contribution in [0.25, 0.3) is 0 Å². The van der Waals surface area contributed by atoms with Crippen molar-refractivity contribution < 1.29 is 62.0 Å². The maximum Gasteiger partial charge on any atom is 0.407 e.